The molecular weight excluding hydrogens is 234 g/mol. The molecule has 1 aromatic heterocycles. The lowest BCUT2D eigenvalue weighted by molar-refractivity contribution is 0.233. The van der Waals surface area contributed by atoms with Crippen molar-refractivity contribution < 1.29 is 0 Å². The Morgan fingerprint density at radius 3 is 2.42 bits per heavy atom. The Labute approximate surface area is 115 Å². The number of benzene rings is 1. The van der Waals surface area contributed by atoms with Gasteiger partial charge in [-0.1, -0.05) is 43.7 Å². The zero-order chi connectivity index (χ0) is 14.0. The summed E-state index contributed by atoms with van der Waals surface area (Å²) < 4.78 is 2.21. The van der Waals surface area contributed by atoms with E-state index in [0.717, 1.165) is 5.69 Å². The van der Waals surface area contributed by atoms with E-state index in [9.17, 15) is 0 Å². The van der Waals surface area contributed by atoms with Gasteiger partial charge in [-0.2, -0.15) is 0 Å². The highest BCUT2D eigenvalue weighted by molar-refractivity contribution is 5.59. The molecule has 0 aliphatic rings. The van der Waals surface area contributed by atoms with E-state index in [1.165, 1.54) is 11.1 Å². The van der Waals surface area contributed by atoms with Crippen molar-refractivity contribution in [3.63, 3.8) is 0 Å². The maximum atomic E-state index is 6.02. The van der Waals surface area contributed by atoms with Crippen LogP contribution in [0.25, 0.3) is 11.3 Å². The minimum atomic E-state index is -0.114. The highest BCUT2D eigenvalue weighted by Crippen LogP contribution is 2.30. The van der Waals surface area contributed by atoms with Crippen LogP contribution < -0.4 is 5.73 Å². The fourth-order valence-electron chi connectivity index (χ4n) is 2.25. The van der Waals surface area contributed by atoms with Gasteiger partial charge in [-0.05, 0) is 25.3 Å². The average molecular weight is 257 g/mol. The summed E-state index contributed by atoms with van der Waals surface area (Å²) in [4.78, 5) is 4.32. The highest BCUT2D eigenvalue weighted by atomic mass is 15.1. The van der Waals surface area contributed by atoms with Crippen LogP contribution in [0.3, 0.4) is 0 Å². The van der Waals surface area contributed by atoms with Crippen molar-refractivity contribution in [2.75, 3.05) is 6.54 Å². The third-order valence-electron chi connectivity index (χ3n) is 4.19. The van der Waals surface area contributed by atoms with E-state index in [-0.39, 0.29) is 5.54 Å². The third-order valence-corrected chi connectivity index (χ3v) is 4.19. The summed E-state index contributed by atoms with van der Waals surface area (Å²) in [7, 11) is 0. The van der Waals surface area contributed by atoms with Gasteiger partial charge in [0.05, 0.1) is 23.8 Å². The zero-order valence-corrected chi connectivity index (χ0v) is 12.2. The van der Waals surface area contributed by atoms with Crippen molar-refractivity contribution in [1.82, 2.24) is 9.55 Å². The van der Waals surface area contributed by atoms with E-state index in [2.05, 4.69) is 61.5 Å². The summed E-state index contributed by atoms with van der Waals surface area (Å²) in [6.45, 7) is 9.29. The molecule has 2 aromatic rings. The molecule has 0 aliphatic heterocycles. The van der Waals surface area contributed by atoms with E-state index < -0.39 is 0 Å². The van der Waals surface area contributed by atoms with Gasteiger partial charge in [0.2, 0.25) is 0 Å². The van der Waals surface area contributed by atoms with Crippen LogP contribution >= 0.6 is 0 Å². The minimum Gasteiger partial charge on any atom is -0.328 e. The number of imidazole rings is 1. The first kappa shape index (κ1) is 13.8. The van der Waals surface area contributed by atoms with Gasteiger partial charge >= 0.3 is 0 Å². The second kappa shape index (κ2) is 5.17. The van der Waals surface area contributed by atoms with Gasteiger partial charge in [0.1, 0.15) is 0 Å². The molecule has 0 spiro atoms. The molecule has 3 heteroatoms. The Morgan fingerprint density at radius 1 is 1.26 bits per heavy atom. The van der Waals surface area contributed by atoms with Gasteiger partial charge in [0.15, 0.2) is 0 Å². The molecule has 0 radical (unpaired) electrons. The molecule has 0 saturated carbocycles. The Balaban J connectivity index is 2.50. The molecule has 1 aromatic carbocycles. The number of aromatic nitrogens is 2. The molecule has 1 atom stereocenters. The number of rotatable bonds is 4. The molecule has 0 bridgehead atoms. The van der Waals surface area contributed by atoms with Crippen LogP contribution in [0.1, 0.15) is 26.3 Å². The molecule has 1 heterocycles. The molecule has 3 nitrogen and oxygen atoms in total. The molecule has 0 amide bonds. The fourth-order valence-corrected chi connectivity index (χ4v) is 2.25. The second-order valence-corrected chi connectivity index (χ2v) is 5.73. The van der Waals surface area contributed by atoms with Gasteiger partial charge in [0.25, 0.3) is 0 Å². The number of hydrogen-bond acceptors (Lipinski definition) is 2. The van der Waals surface area contributed by atoms with Crippen LogP contribution in [0.4, 0.5) is 0 Å². The molecule has 19 heavy (non-hydrogen) atoms. The van der Waals surface area contributed by atoms with E-state index in [1.807, 2.05) is 12.5 Å². The summed E-state index contributed by atoms with van der Waals surface area (Å²) in [5.41, 5.74) is 9.48. The van der Waals surface area contributed by atoms with Crippen molar-refractivity contribution >= 4 is 0 Å². The van der Waals surface area contributed by atoms with Crippen molar-refractivity contribution in [2.45, 2.75) is 33.2 Å². The molecule has 2 rings (SSSR count). The van der Waals surface area contributed by atoms with Crippen LogP contribution in [-0.4, -0.2) is 16.1 Å². The lowest BCUT2D eigenvalue weighted by Gasteiger charge is -2.35. The number of hydrogen-bond donors (Lipinski definition) is 1. The first-order valence-electron chi connectivity index (χ1n) is 6.79. The monoisotopic (exact) mass is 257 g/mol. The lowest BCUT2D eigenvalue weighted by Crippen LogP contribution is -2.42. The van der Waals surface area contributed by atoms with E-state index in [1.54, 1.807) is 0 Å². The Morgan fingerprint density at radius 2 is 1.89 bits per heavy atom. The molecular formula is C16H23N3. The Kier molecular flexibility index (Phi) is 3.76. The summed E-state index contributed by atoms with van der Waals surface area (Å²) in [5, 5.41) is 0. The summed E-state index contributed by atoms with van der Waals surface area (Å²) in [6, 6.07) is 8.53. The number of nitrogens with zero attached hydrogens (tertiary/aromatic N) is 2. The number of nitrogens with two attached hydrogens (primary N) is 1. The third kappa shape index (κ3) is 2.43. The van der Waals surface area contributed by atoms with Crippen molar-refractivity contribution in [2.24, 2.45) is 11.7 Å². The Hall–Kier alpha value is -1.61. The molecule has 102 valence electrons. The maximum Gasteiger partial charge on any atom is 0.0956 e. The van der Waals surface area contributed by atoms with Crippen LogP contribution in [0, 0.1) is 12.8 Å². The molecule has 0 fully saturated rings. The van der Waals surface area contributed by atoms with Crippen LogP contribution in [-0.2, 0) is 5.54 Å². The van der Waals surface area contributed by atoms with E-state index in [0.29, 0.717) is 12.5 Å². The SMILES string of the molecule is Cc1ccc(-c2cncn2C(C)(CN)C(C)C)cc1. The number of aryl methyl sites for hydroxylation is 1. The van der Waals surface area contributed by atoms with Gasteiger partial charge in [-0.25, -0.2) is 4.98 Å². The minimum absolute atomic E-state index is 0.114. The maximum absolute atomic E-state index is 6.02. The summed E-state index contributed by atoms with van der Waals surface area (Å²) in [5.74, 6) is 0.441. The van der Waals surface area contributed by atoms with Gasteiger partial charge in [-0.3, -0.25) is 0 Å². The largest absolute Gasteiger partial charge is 0.328 e. The molecule has 1 unspecified atom stereocenters. The lowest BCUT2D eigenvalue weighted by atomic mass is 9.87. The highest BCUT2D eigenvalue weighted by Gasteiger charge is 2.30. The predicted octanol–water partition coefficient (Wildman–Crippen LogP) is 3.19. The van der Waals surface area contributed by atoms with Crippen LogP contribution in [0.2, 0.25) is 0 Å². The topological polar surface area (TPSA) is 43.8 Å². The quantitative estimate of drug-likeness (QED) is 0.914. The Bertz CT molecular complexity index is 539. The second-order valence-electron chi connectivity index (χ2n) is 5.73. The van der Waals surface area contributed by atoms with Gasteiger partial charge < -0.3 is 10.3 Å². The van der Waals surface area contributed by atoms with E-state index >= 15 is 0 Å². The first-order chi connectivity index (χ1) is 8.99. The predicted molar refractivity (Wildman–Crippen MR) is 79.9 cm³/mol. The van der Waals surface area contributed by atoms with Crippen LogP contribution in [0.15, 0.2) is 36.8 Å². The standard InChI is InChI=1S/C16H23N3/c1-12(2)16(4,10-17)19-11-18-9-15(19)14-7-5-13(3)6-8-14/h5-9,11-12H,10,17H2,1-4H3. The summed E-state index contributed by atoms with van der Waals surface area (Å²) in [6.07, 6.45) is 3.81. The van der Waals surface area contributed by atoms with E-state index in [4.69, 9.17) is 5.73 Å². The first-order valence-corrected chi connectivity index (χ1v) is 6.79. The van der Waals surface area contributed by atoms with Gasteiger partial charge in [-0.15, -0.1) is 0 Å². The normalized spacial score (nSPS) is 14.6. The fraction of sp³-hybridized carbons (Fsp3) is 0.438. The molecule has 0 aliphatic carbocycles. The summed E-state index contributed by atoms with van der Waals surface area (Å²) >= 11 is 0. The smallest absolute Gasteiger partial charge is 0.0956 e. The van der Waals surface area contributed by atoms with Crippen molar-refractivity contribution in [3.8, 4) is 11.3 Å². The van der Waals surface area contributed by atoms with Gasteiger partial charge in [0, 0.05) is 6.54 Å². The average Bonchev–Trinajstić information content (AvgIpc) is 2.88. The van der Waals surface area contributed by atoms with Crippen molar-refractivity contribution in [3.05, 3.63) is 42.4 Å². The van der Waals surface area contributed by atoms with Crippen LogP contribution in [0.5, 0.6) is 0 Å². The molecule has 0 saturated heterocycles. The van der Waals surface area contributed by atoms with Crippen molar-refractivity contribution in [1.29, 1.82) is 0 Å². The zero-order valence-electron chi connectivity index (χ0n) is 12.2. The molecule has 2 N–H and O–H groups in total.